The molecule has 6 nitrogen and oxygen atoms in total. The predicted octanol–water partition coefficient (Wildman–Crippen LogP) is 4.14. The maximum atomic E-state index is 13.1. The first-order chi connectivity index (χ1) is 13.6. The van der Waals surface area contributed by atoms with E-state index in [1.165, 1.54) is 29.5 Å². The maximum absolute atomic E-state index is 13.1. The van der Waals surface area contributed by atoms with Crippen molar-refractivity contribution in [2.75, 3.05) is 5.32 Å². The summed E-state index contributed by atoms with van der Waals surface area (Å²) in [5, 5.41) is 18.0. The number of hydrogen-bond acceptors (Lipinski definition) is 5. The van der Waals surface area contributed by atoms with Crippen molar-refractivity contribution in [3.05, 3.63) is 76.9 Å². The van der Waals surface area contributed by atoms with Crippen LogP contribution >= 0.6 is 11.3 Å². The molecule has 8 heteroatoms. The van der Waals surface area contributed by atoms with Crippen molar-refractivity contribution in [2.24, 2.45) is 0 Å². The monoisotopic (exact) mass is 389 g/mol. The van der Waals surface area contributed by atoms with Crippen LogP contribution in [-0.2, 0) is 4.79 Å². The Morgan fingerprint density at radius 3 is 2.64 bits per heavy atom. The molecule has 0 atom stereocenters. The lowest BCUT2D eigenvalue weighted by atomic mass is 10.1. The molecule has 0 fully saturated rings. The van der Waals surface area contributed by atoms with Crippen molar-refractivity contribution in [2.45, 2.75) is 0 Å². The predicted molar refractivity (Wildman–Crippen MR) is 105 cm³/mol. The Kier molecular flexibility index (Phi) is 4.66. The lowest BCUT2D eigenvalue weighted by molar-refractivity contribution is -0.112. The first-order valence-corrected chi connectivity index (χ1v) is 9.10. The summed E-state index contributed by atoms with van der Waals surface area (Å²) in [5.41, 5.74) is 2.19. The SMILES string of the molecule is N#C/C(=C\c1ccccc1)C(=O)Nc1nc2scc(-c3ccc(F)cc3)n2n1. The largest absolute Gasteiger partial charge is 0.288 e. The molecule has 4 rings (SSSR count). The number of hydrogen-bond donors (Lipinski definition) is 1. The van der Waals surface area contributed by atoms with E-state index < -0.39 is 5.91 Å². The van der Waals surface area contributed by atoms with Crippen molar-refractivity contribution in [1.82, 2.24) is 14.6 Å². The van der Waals surface area contributed by atoms with Gasteiger partial charge in [0.25, 0.3) is 11.9 Å². The van der Waals surface area contributed by atoms with Gasteiger partial charge in [0, 0.05) is 10.9 Å². The van der Waals surface area contributed by atoms with Crippen LogP contribution in [0.1, 0.15) is 5.56 Å². The number of nitrogens with zero attached hydrogens (tertiary/aromatic N) is 4. The van der Waals surface area contributed by atoms with E-state index in [2.05, 4.69) is 15.4 Å². The van der Waals surface area contributed by atoms with Crippen LogP contribution in [0.25, 0.3) is 22.3 Å². The van der Waals surface area contributed by atoms with Crippen molar-refractivity contribution in [3.63, 3.8) is 0 Å². The lowest BCUT2D eigenvalue weighted by Crippen LogP contribution is -2.14. The molecule has 0 saturated heterocycles. The molecule has 1 amide bonds. The molecular weight excluding hydrogens is 377 g/mol. The zero-order chi connectivity index (χ0) is 19.5. The van der Waals surface area contributed by atoms with Gasteiger partial charge in [-0.2, -0.15) is 10.2 Å². The van der Waals surface area contributed by atoms with Gasteiger partial charge >= 0.3 is 0 Å². The van der Waals surface area contributed by atoms with Crippen molar-refractivity contribution in [3.8, 4) is 17.3 Å². The van der Waals surface area contributed by atoms with E-state index in [1.54, 1.807) is 28.8 Å². The standard InChI is InChI=1S/C20H12FN5OS/c21-16-8-6-14(7-9-16)17-12-28-20-24-19(25-26(17)20)23-18(27)15(11-22)10-13-4-2-1-3-5-13/h1-10,12H,(H,23,25,27)/b15-10+. The molecule has 136 valence electrons. The Bertz CT molecular complexity index is 1220. The van der Waals surface area contributed by atoms with Crippen molar-refractivity contribution >= 4 is 34.2 Å². The summed E-state index contributed by atoms with van der Waals surface area (Å²) < 4.78 is 14.7. The number of halogens is 1. The first-order valence-electron chi connectivity index (χ1n) is 8.22. The molecule has 0 spiro atoms. The van der Waals surface area contributed by atoms with E-state index in [-0.39, 0.29) is 17.3 Å². The minimum atomic E-state index is -0.590. The maximum Gasteiger partial charge on any atom is 0.268 e. The third kappa shape index (κ3) is 3.51. The van der Waals surface area contributed by atoms with Gasteiger partial charge in [0.15, 0.2) is 0 Å². The fourth-order valence-electron chi connectivity index (χ4n) is 2.59. The van der Waals surface area contributed by atoms with E-state index in [1.807, 2.05) is 29.6 Å². The third-order valence-electron chi connectivity index (χ3n) is 3.92. The number of nitrogens with one attached hydrogen (secondary N) is 1. The minimum Gasteiger partial charge on any atom is -0.288 e. The zero-order valence-corrected chi connectivity index (χ0v) is 15.2. The topological polar surface area (TPSA) is 83.1 Å². The zero-order valence-electron chi connectivity index (χ0n) is 14.3. The highest BCUT2D eigenvalue weighted by molar-refractivity contribution is 7.15. The molecule has 0 aliphatic heterocycles. The van der Waals surface area contributed by atoms with Gasteiger partial charge in [0.2, 0.25) is 4.96 Å². The molecule has 2 aromatic carbocycles. The number of amides is 1. The number of rotatable bonds is 4. The van der Waals surface area contributed by atoms with E-state index >= 15 is 0 Å². The molecule has 0 bridgehead atoms. The second-order valence-electron chi connectivity index (χ2n) is 5.79. The highest BCUT2D eigenvalue weighted by Crippen LogP contribution is 2.26. The number of carbonyl (C=O) groups is 1. The van der Waals surface area contributed by atoms with Gasteiger partial charge in [-0.25, -0.2) is 8.91 Å². The number of thiazole rings is 1. The van der Waals surface area contributed by atoms with Crippen LogP contribution in [0.5, 0.6) is 0 Å². The van der Waals surface area contributed by atoms with E-state index in [0.717, 1.165) is 16.8 Å². The molecule has 2 aromatic heterocycles. The van der Waals surface area contributed by atoms with Gasteiger partial charge in [-0.05, 0) is 35.9 Å². The Balaban J connectivity index is 1.60. The smallest absolute Gasteiger partial charge is 0.268 e. The highest BCUT2D eigenvalue weighted by atomic mass is 32.1. The summed E-state index contributed by atoms with van der Waals surface area (Å²) in [4.78, 5) is 17.2. The molecule has 0 unspecified atom stereocenters. The number of aromatic nitrogens is 3. The number of anilines is 1. The molecule has 0 saturated carbocycles. The molecule has 0 radical (unpaired) electrons. The summed E-state index contributed by atoms with van der Waals surface area (Å²) in [6.07, 6.45) is 1.50. The summed E-state index contributed by atoms with van der Waals surface area (Å²) in [5.74, 6) is -0.821. The Hall–Kier alpha value is -3.83. The lowest BCUT2D eigenvalue weighted by Gasteiger charge is -2.00. The van der Waals surface area contributed by atoms with Crippen LogP contribution in [0.3, 0.4) is 0 Å². The Morgan fingerprint density at radius 1 is 1.18 bits per heavy atom. The quantitative estimate of drug-likeness (QED) is 0.420. The van der Waals surface area contributed by atoms with Crippen LogP contribution in [0.2, 0.25) is 0 Å². The van der Waals surface area contributed by atoms with E-state index in [4.69, 9.17) is 0 Å². The van der Waals surface area contributed by atoms with Crippen LogP contribution in [0.4, 0.5) is 10.3 Å². The van der Waals surface area contributed by atoms with Gasteiger partial charge in [0.1, 0.15) is 17.5 Å². The summed E-state index contributed by atoms with van der Waals surface area (Å²) in [7, 11) is 0. The molecule has 4 aromatic rings. The second kappa shape index (κ2) is 7.42. The molecule has 0 aliphatic rings. The Labute approximate surface area is 163 Å². The average molecular weight is 389 g/mol. The van der Waals surface area contributed by atoms with Gasteiger partial charge < -0.3 is 0 Å². The van der Waals surface area contributed by atoms with Gasteiger partial charge in [-0.15, -0.1) is 16.4 Å². The van der Waals surface area contributed by atoms with Crippen LogP contribution in [0.15, 0.2) is 65.6 Å². The second-order valence-corrected chi connectivity index (χ2v) is 6.63. The molecule has 0 aliphatic carbocycles. The van der Waals surface area contributed by atoms with Crippen molar-refractivity contribution < 1.29 is 9.18 Å². The van der Waals surface area contributed by atoms with E-state index in [0.29, 0.717) is 4.96 Å². The van der Waals surface area contributed by atoms with E-state index in [9.17, 15) is 14.4 Å². The summed E-state index contributed by atoms with van der Waals surface area (Å²) in [6, 6.07) is 17.0. The highest BCUT2D eigenvalue weighted by Gasteiger charge is 2.15. The number of carbonyl (C=O) groups excluding carboxylic acids is 1. The molecular formula is C20H12FN5OS. The summed E-state index contributed by atoms with van der Waals surface area (Å²) in [6.45, 7) is 0. The van der Waals surface area contributed by atoms with Crippen LogP contribution in [0, 0.1) is 17.1 Å². The van der Waals surface area contributed by atoms with Crippen molar-refractivity contribution in [1.29, 1.82) is 5.26 Å². The minimum absolute atomic E-state index is 0.0527. The van der Waals surface area contributed by atoms with Gasteiger partial charge in [-0.3, -0.25) is 10.1 Å². The first kappa shape index (κ1) is 17.6. The fourth-order valence-corrected chi connectivity index (χ4v) is 3.42. The van der Waals surface area contributed by atoms with Crippen LogP contribution in [-0.4, -0.2) is 20.5 Å². The summed E-state index contributed by atoms with van der Waals surface area (Å²) >= 11 is 1.34. The van der Waals surface area contributed by atoms with Gasteiger partial charge in [0.05, 0.1) is 5.69 Å². The molecule has 2 heterocycles. The molecule has 1 N–H and O–H groups in total. The Morgan fingerprint density at radius 2 is 1.93 bits per heavy atom. The third-order valence-corrected chi connectivity index (χ3v) is 4.74. The number of fused-ring (bicyclic) bond motifs is 1. The normalized spacial score (nSPS) is 11.4. The average Bonchev–Trinajstić information content (AvgIpc) is 3.28. The van der Waals surface area contributed by atoms with Gasteiger partial charge in [-0.1, -0.05) is 30.3 Å². The molecule has 28 heavy (non-hydrogen) atoms. The number of benzene rings is 2. The number of nitriles is 1. The fraction of sp³-hybridized carbons (Fsp3) is 0. The van der Waals surface area contributed by atoms with Crippen LogP contribution < -0.4 is 5.32 Å².